The zero-order chi connectivity index (χ0) is 24.4. The van der Waals surface area contributed by atoms with E-state index in [2.05, 4.69) is 0 Å². The molecule has 2 aromatic heterocycles. The van der Waals surface area contributed by atoms with Crippen molar-refractivity contribution in [3.63, 3.8) is 0 Å². The molecule has 0 aliphatic heterocycles. The standard InChI is InChI=1S/C27H20ClNO5S/c28-21-10-12-23(13-11-21)35(31,32)26-15-14-25(34-26)27(30)29(18-22-8-4-16-33-22)17-20-7-3-6-19-5-1-2-9-24(19)20/h1-16H,17-18H2. The van der Waals surface area contributed by atoms with Gasteiger partial charge in [-0.2, -0.15) is 0 Å². The van der Waals surface area contributed by atoms with Crippen LogP contribution in [0.15, 0.2) is 116 Å². The van der Waals surface area contributed by atoms with Gasteiger partial charge in [0.15, 0.2) is 5.76 Å². The average molecular weight is 506 g/mol. The number of halogens is 1. The van der Waals surface area contributed by atoms with E-state index >= 15 is 0 Å². The molecular weight excluding hydrogens is 486 g/mol. The third kappa shape index (κ3) is 4.73. The van der Waals surface area contributed by atoms with Gasteiger partial charge in [-0.05, 0) is 64.9 Å². The van der Waals surface area contributed by atoms with E-state index in [0.717, 1.165) is 16.3 Å². The molecule has 0 atom stereocenters. The predicted molar refractivity (Wildman–Crippen MR) is 132 cm³/mol. The summed E-state index contributed by atoms with van der Waals surface area (Å²) in [5.41, 5.74) is 0.948. The van der Waals surface area contributed by atoms with Gasteiger partial charge in [-0.1, -0.05) is 54.1 Å². The molecule has 1 amide bonds. The number of carbonyl (C=O) groups is 1. The van der Waals surface area contributed by atoms with Crippen LogP contribution in [0.4, 0.5) is 0 Å². The molecule has 0 aliphatic carbocycles. The molecule has 2 heterocycles. The van der Waals surface area contributed by atoms with Crippen molar-refractivity contribution in [1.29, 1.82) is 0 Å². The van der Waals surface area contributed by atoms with Crippen molar-refractivity contribution in [2.45, 2.75) is 23.1 Å². The van der Waals surface area contributed by atoms with Crippen LogP contribution in [0, 0.1) is 0 Å². The second-order valence-corrected chi connectivity index (χ2v) is 10.3. The number of benzene rings is 3. The molecular formula is C27H20ClNO5S. The molecule has 0 spiro atoms. The molecule has 0 aliphatic rings. The molecule has 5 rings (SSSR count). The largest absolute Gasteiger partial charge is 0.467 e. The Hall–Kier alpha value is -3.81. The minimum atomic E-state index is -3.95. The number of sulfone groups is 1. The van der Waals surface area contributed by atoms with Gasteiger partial charge in [0.1, 0.15) is 5.76 Å². The Morgan fingerprint density at radius 3 is 2.37 bits per heavy atom. The summed E-state index contributed by atoms with van der Waals surface area (Å²) in [5.74, 6) is 0.0652. The third-order valence-electron chi connectivity index (χ3n) is 5.64. The first-order valence-electron chi connectivity index (χ1n) is 10.8. The summed E-state index contributed by atoms with van der Waals surface area (Å²) in [5, 5.41) is 2.19. The Morgan fingerprint density at radius 2 is 1.60 bits per heavy atom. The highest BCUT2D eigenvalue weighted by Crippen LogP contribution is 2.26. The maximum atomic E-state index is 13.5. The van der Waals surface area contributed by atoms with E-state index in [4.69, 9.17) is 20.4 Å². The molecule has 35 heavy (non-hydrogen) atoms. The van der Waals surface area contributed by atoms with Crippen molar-refractivity contribution in [2.24, 2.45) is 0 Å². The van der Waals surface area contributed by atoms with Crippen molar-refractivity contribution in [2.75, 3.05) is 0 Å². The van der Waals surface area contributed by atoms with Gasteiger partial charge in [0, 0.05) is 11.6 Å². The van der Waals surface area contributed by atoms with Gasteiger partial charge in [0.2, 0.25) is 14.9 Å². The third-order valence-corrected chi connectivity index (χ3v) is 7.53. The van der Waals surface area contributed by atoms with Crippen LogP contribution in [-0.2, 0) is 22.9 Å². The zero-order valence-corrected chi connectivity index (χ0v) is 20.0. The normalized spacial score (nSPS) is 11.6. The van der Waals surface area contributed by atoms with Gasteiger partial charge < -0.3 is 13.7 Å². The zero-order valence-electron chi connectivity index (χ0n) is 18.4. The first-order valence-corrected chi connectivity index (χ1v) is 12.7. The molecule has 3 aromatic carbocycles. The van der Waals surface area contributed by atoms with Gasteiger partial charge in [0.25, 0.3) is 5.91 Å². The number of rotatable bonds is 7. The molecule has 0 unspecified atom stereocenters. The van der Waals surface area contributed by atoms with Crippen molar-refractivity contribution in [1.82, 2.24) is 4.90 Å². The van der Waals surface area contributed by atoms with Crippen LogP contribution in [0.2, 0.25) is 5.02 Å². The topological polar surface area (TPSA) is 80.7 Å². The Bertz CT molecular complexity index is 1580. The van der Waals surface area contributed by atoms with Crippen molar-refractivity contribution >= 4 is 38.1 Å². The summed E-state index contributed by atoms with van der Waals surface area (Å²) in [4.78, 5) is 15.1. The number of amides is 1. The molecule has 0 saturated heterocycles. The minimum absolute atomic E-state index is 0.0263. The minimum Gasteiger partial charge on any atom is -0.467 e. The van der Waals surface area contributed by atoms with Gasteiger partial charge in [-0.25, -0.2) is 8.42 Å². The van der Waals surface area contributed by atoms with E-state index < -0.39 is 15.7 Å². The van der Waals surface area contributed by atoms with Crippen LogP contribution in [0.5, 0.6) is 0 Å². The Morgan fingerprint density at radius 1 is 0.829 bits per heavy atom. The summed E-state index contributed by atoms with van der Waals surface area (Å²) in [7, 11) is -3.95. The van der Waals surface area contributed by atoms with E-state index in [9.17, 15) is 13.2 Å². The molecule has 8 heteroatoms. The van der Waals surface area contributed by atoms with Gasteiger partial charge in [0.05, 0.1) is 17.7 Å². The highest BCUT2D eigenvalue weighted by atomic mass is 35.5. The summed E-state index contributed by atoms with van der Waals surface area (Å²) in [6.07, 6.45) is 1.54. The van der Waals surface area contributed by atoms with Crippen LogP contribution in [0.3, 0.4) is 0 Å². The average Bonchev–Trinajstić information content (AvgIpc) is 3.57. The van der Waals surface area contributed by atoms with Crippen molar-refractivity contribution < 1.29 is 22.0 Å². The first-order chi connectivity index (χ1) is 16.9. The summed E-state index contributed by atoms with van der Waals surface area (Å²) >= 11 is 5.87. The fourth-order valence-corrected chi connectivity index (χ4v) is 5.19. The van der Waals surface area contributed by atoms with Crippen molar-refractivity contribution in [3.8, 4) is 0 Å². The lowest BCUT2D eigenvalue weighted by molar-refractivity contribution is 0.0680. The van der Waals surface area contributed by atoms with Crippen LogP contribution < -0.4 is 0 Å². The van der Waals surface area contributed by atoms with Crippen LogP contribution in [0.25, 0.3) is 10.8 Å². The summed E-state index contributed by atoms with van der Waals surface area (Å²) in [6, 6.07) is 25.8. The van der Waals surface area contributed by atoms with Crippen molar-refractivity contribution in [3.05, 3.63) is 119 Å². The lowest BCUT2D eigenvalue weighted by Gasteiger charge is -2.21. The van der Waals surface area contributed by atoms with Crippen LogP contribution in [0.1, 0.15) is 21.9 Å². The molecule has 176 valence electrons. The Labute approximate surface area is 207 Å². The van der Waals surface area contributed by atoms with Gasteiger partial charge in [-0.3, -0.25) is 4.79 Å². The second kappa shape index (κ2) is 9.44. The lowest BCUT2D eigenvalue weighted by Crippen LogP contribution is -2.29. The Kier molecular flexibility index (Phi) is 6.19. The number of furan rings is 2. The van der Waals surface area contributed by atoms with Crippen LogP contribution >= 0.6 is 11.6 Å². The maximum absolute atomic E-state index is 13.5. The molecule has 6 nitrogen and oxygen atoms in total. The number of nitrogens with zero attached hydrogens (tertiary/aromatic N) is 1. The highest BCUT2D eigenvalue weighted by molar-refractivity contribution is 7.91. The fourth-order valence-electron chi connectivity index (χ4n) is 3.89. The monoisotopic (exact) mass is 505 g/mol. The summed E-state index contributed by atoms with van der Waals surface area (Å²) < 4.78 is 37.0. The SMILES string of the molecule is O=C(c1ccc(S(=O)(=O)c2ccc(Cl)cc2)o1)N(Cc1ccco1)Cc1cccc2ccccc12. The smallest absolute Gasteiger partial charge is 0.290 e. The number of carbonyl (C=O) groups excluding carboxylic acids is 1. The number of hydrogen-bond donors (Lipinski definition) is 0. The molecule has 0 radical (unpaired) electrons. The lowest BCUT2D eigenvalue weighted by atomic mass is 10.0. The van der Waals surface area contributed by atoms with E-state index in [1.54, 1.807) is 23.3 Å². The highest BCUT2D eigenvalue weighted by Gasteiger charge is 2.26. The number of hydrogen-bond acceptors (Lipinski definition) is 5. The molecule has 0 fully saturated rings. The van der Waals surface area contributed by atoms with Crippen LogP contribution in [-0.4, -0.2) is 19.2 Å². The maximum Gasteiger partial charge on any atom is 0.290 e. The quantitative estimate of drug-likeness (QED) is 0.257. The molecule has 5 aromatic rings. The van der Waals surface area contributed by atoms with E-state index in [1.165, 1.54) is 36.4 Å². The van der Waals surface area contributed by atoms with E-state index in [1.807, 2.05) is 42.5 Å². The summed E-state index contributed by atoms with van der Waals surface area (Å²) in [6.45, 7) is 0.468. The predicted octanol–water partition coefficient (Wildman–Crippen LogP) is 6.35. The molecule has 0 bridgehead atoms. The van der Waals surface area contributed by atoms with Gasteiger partial charge in [-0.15, -0.1) is 0 Å². The second-order valence-electron chi connectivity index (χ2n) is 7.95. The molecule has 0 saturated carbocycles. The Balaban J connectivity index is 1.47. The van der Waals surface area contributed by atoms with E-state index in [-0.39, 0.29) is 28.8 Å². The fraction of sp³-hybridized carbons (Fsp3) is 0.0741. The van der Waals surface area contributed by atoms with Gasteiger partial charge >= 0.3 is 0 Å². The first kappa shape index (κ1) is 23.0. The van der Waals surface area contributed by atoms with E-state index in [0.29, 0.717) is 10.8 Å². The molecule has 0 N–H and O–H groups in total. The number of fused-ring (bicyclic) bond motifs is 1.